The lowest BCUT2D eigenvalue weighted by molar-refractivity contribution is -0.114. The molecule has 0 spiro atoms. The Morgan fingerprint density at radius 1 is 1.00 bits per heavy atom. The van der Waals surface area contributed by atoms with Gasteiger partial charge in [0.2, 0.25) is 5.91 Å². The Morgan fingerprint density at radius 3 is 2.31 bits per heavy atom. The lowest BCUT2D eigenvalue weighted by atomic mass is 10.1. The van der Waals surface area contributed by atoms with Crippen molar-refractivity contribution in [1.29, 1.82) is 0 Å². The Kier molecular flexibility index (Phi) is 5.98. The summed E-state index contributed by atoms with van der Waals surface area (Å²) in [5.74, 6) is -0.450. The van der Waals surface area contributed by atoms with Crippen molar-refractivity contribution in [3.8, 4) is 0 Å². The van der Waals surface area contributed by atoms with Crippen LogP contribution in [0.2, 0.25) is 0 Å². The van der Waals surface area contributed by atoms with E-state index in [1.54, 1.807) is 48.7 Å². The van der Waals surface area contributed by atoms with Crippen molar-refractivity contribution in [2.45, 2.75) is 25.7 Å². The third-order valence-electron chi connectivity index (χ3n) is 4.46. The summed E-state index contributed by atoms with van der Waals surface area (Å²) < 4.78 is 28.0. The Labute approximate surface area is 171 Å². The monoisotopic (exact) mass is 409 g/mol. The highest BCUT2D eigenvalue weighted by Crippen LogP contribution is 2.28. The van der Waals surface area contributed by atoms with Crippen molar-refractivity contribution in [2.24, 2.45) is 0 Å². The van der Waals surface area contributed by atoms with E-state index in [9.17, 15) is 13.2 Å². The maximum absolute atomic E-state index is 13.4. The van der Waals surface area contributed by atoms with Crippen LogP contribution in [0.3, 0.4) is 0 Å². The molecule has 1 aromatic heterocycles. The third-order valence-corrected chi connectivity index (χ3v) is 6.24. The molecule has 6 nitrogen and oxygen atoms in total. The smallest absolute Gasteiger partial charge is 0.264 e. The Bertz CT molecular complexity index is 1110. The molecule has 0 saturated heterocycles. The van der Waals surface area contributed by atoms with Crippen LogP contribution >= 0.6 is 0 Å². The first-order chi connectivity index (χ1) is 13.8. The van der Waals surface area contributed by atoms with Crippen LogP contribution in [0.25, 0.3) is 0 Å². The first-order valence-corrected chi connectivity index (χ1v) is 10.6. The summed E-state index contributed by atoms with van der Waals surface area (Å²) in [6.07, 6.45) is 3.10. The van der Waals surface area contributed by atoms with E-state index in [-0.39, 0.29) is 11.4 Å². The molecule has 3 aromatic rings. The van der Waals surface area contributed by atoms with E-state index >= 15 is 0 Å². The van der Waals surface area contributed by atoms with E-state index in [1.807, 2.05) is 32.9 Å². The number of rotatable bonds is 6. The SMILES string of the molecule is Cc1ccc(S(=O)(=O)N(CC(=O)Nc2cccnc2)c2ccc(C)cc2C)cc1. The normalized spacial score (nSPS) is 11.1. The number of nitrogens with one attached hydrogen (secondary N) is 1. The van der Waals surface area contributed by atoms with E-state index in [0.717, 1.165) is 21.0 Å². The molecule has 0 aliphatic rings. The van der Waals surface area contributed by atoms with Crippen molar-refractivity contribution in [1.82, 2.24) is 4.98 Å². The maximum atomic E-state index is 13.4. The van der Waals surface area contributed by atoms with Gasteiger partial charge in [-0.15, -0.1) is 0 Å². The summed E-state index contributed by atoms with van der Waals surface area (Å²) in [5, 5.41) is 2.70. The minimum atomic E-state index is -3.94. The number of pyridine rings is 1. The highest BCUT2D eigenvalue weighted by molar-refractivity contribution is 7.92. The molecule has 0 atom stereocenters. The highest BCUT2D eigenvalue weighted by Gasteiger charge is 2.28. The molecule has 0 fully saturated rings. The summed E-state index contributed by atoms with van der Waals surface area (Å²) >= 11 is 0. The van der Waals surface area contributed by atoms with Gasteiger partial charge in [0, 0.05) is 6.20 Å². The molecule has 3 rings (SSSR count). The number of nitrogens with zero attached hydrogens (tertiary/aromatic N) is 2. The molecule has 0 bridgehead atoms. The standard InChI is InChI=1S/C22H23N3O3S/c1-16-6-9-20(10-7-16)29(27,28)25(21-11-8-17(2)13-18(21)3)15-22(26)24-19-5-4-12-23-14-19/h4-14H,15H2,1-3H3,(H,24,26). The number of sulfonamides is 1. The summed E-state index contributed by atoms with van der Waals surface area (Å²) in [6.45, 7) is 5.30. The quantitative estimate of drug-likeness (QED) is 0.671. The fourth-order valence-electron chi connectivity index (χ4n) is 2.99. The largest absolute Gasteiger partial charge is 0.323 e. The van der Waals surface area contributed by atoms with Crippen LogP contribution in [0.5, 0.6) is 0 Å². The zero-order valence-corrected chi connectivity index (χ0v) is 17.4. The second kappa shape index (κ2) is 8.45. The van der Waals surface area contributed by atoms with Crippen LogP contribution in [0.1, 0.15) is 16.7 Å². The lowest BCUT2D eigenvalue weighted by Gasteiger charge is -2.26. The maximum Gasteiger partial charge on any atom is 0.264 e. The minimum Gasteiger partial charge on any atom is -0.323 e. The number of hydrogen-bond acceptors (Lipinski definition) is 4. The van der Waals surface area contributed by atoms with Gasteiger partial charge in [0.25, 0.3) is 10.0 Å². The van der Waals surface area contributed by atoms with Crippen molar-refractivity contribution >= 4 is 27.3 Å². The number of carbonyl (C=O) groups is 1. The Hall–Kier alpha value is -3.19. The molecular formula is C22H23N3O3S. The predicted molar refractivity (Wildman–Crippen MR) is 114 cm³/mol. The second-order valence-electron chi connectivity index (χ2n) is 6.90. The molecule has 0 aliphatic heterocycles. The number of aryl methyl sites for hydroxylation is 3. The molecule has 0 saturated carbocycles. The minimum absolute atomic E-state index is 0.136. The summed E-state index contributed by atoms with van der Waals surface area (Å²) in [4.78, 5) is 16.8. The zero-order chi connectivity index (χ0) is 21.0. The van der Waals surface area contributed by atoms with Crippen LogP contribution < -0.4 is 9.62 Å². The Balaban J connectivity index is 1.99. The molecule has 0 aliphatic carbocycles. The van der Waals surface area contributed by atoms with Gasteiger partial charge >= 0.3 is 0 Å². The first-order valence-electron chi connectivity index (χ1n) is 9.14. The van der Waals surface area contributed by atoms with Gasteiger partial charge in [0.05, 0.1) is 22.5 Å². The van der Waals surface area contributed by atoms with Crippen molar-refractivity contribution in [2.75, 3.05) is 16.2 Å². The average molecular weight is 410 g/mol. The molecule has 150 valence electrons. The fraction of sp³-hybridized carbons (Fsp3) is 0.182. The van der Waals surface area contributed by atoms with Crippen molar-refractivity contribution < 1.29 is 13.2 Å². The fourth-order valence-corrected chi connectivity index (χ4v) is 4.48. The van der Waals surface area contributed by atoms with Gasteiger partial charge < -0.3 is 5.32 Å². The molecular weight excluding hydrogens is 386 g/mol. The average Bonchev–Trinajstić information content (AvgIpc) is 2.68. The molecule has 2 aromatic carbocycles. The van der Waals surface area contributed by atoms with Gasteiger partial charge in [0.1, 0.15) is 6.54 Å². The number of amides is 1. The summed E-state index contributed by atoms with van der Waals surface area (Å²) in [7, 11) is -3.94. The second-order valence-corrected chi connectivity index (χ2v) is 8.77. The first kappa shape index (κ1) is 20.5. The van der Waals surface area contributed by atoms with Crippen molar-refractivity contribution in [3.63, 3.8) is 0 Å². The molecule has 1 heterocycles. The van der Waals surface area contributed by atoms with Crippen molar-refractivity contribution in [3.05, 3.63) is 83.7 Å². The number of carbonyl (C=O) groups excluding carboxylic acids is 1. The van der Waals surface area contributed by atoms with Gasteiger partial charge in [-0.1, -0.05) is 35.4 Å². The molecule has 1 amide bonds. The topological polar surface area (TPSA) is 79.4 Å². The summed E-state index contributed by atoms with van der Waals surface area (Å²) in [6, 6.07) is 15.4. The molecule has 0 radical (unpaired) electrons. The number of anilines is 2. The van der Waals surface area contributed by atoms with E-state index in [4.69, 9.17) is 0 Å². The van der Waals surface area contributed by atoms with E-state index in [0.29, 0.717) is 11.4 Å². The van der Waals surface area contributed by atoms with Crippen LogP contribution in [0.4, 0.5) is 11.4 Å². The number of aromatic nitrogens is 1. The van der Waals surface area contributed by atoms with Crippen LogP contribution in [0.15, 0.2) is 71.9 Å². The van der Waals surface area contributed by atoms with E-state index in [1.165, 1.54) is 6.20 Å². The van der Waals surface area contributed by atoms with E-state index < -0.39 is 15.9 Å². The van der Waals surface area contributed by atoms with E-state index in [2.05, 4.69) is 10.3 Å². The Morgan fingerprint density at radius 2 is 1.69 bits per heavy atom. The lowest BCUT2D eigenvalue weighted by Crippen LogP contribution is -2.38. The van der Waals surface area contributed by atoms with Gasteiger partial charge in [0.15, 0.2) is 0 Å². The van der Waals surface area contributed by atoms with Gasteiger partial charge in [-0.05, 0) is 56.7 Å². The third kappa shape index (κ3) is 4.81. The zero-order valence-electron chi connectivity index (χ0n) is 16.6. The number of hydrogen-bond donors (Lipinski definition) is 1. The summed E-state index contributed by atoms with van der Waals surface area (Å²) in [5.41, 5.74) is 3.72. The van der Waals surface area contributed by atoms with Crippen LogP contribution in [0, 0.1) is 20.8 Å². The van der Waals surface area contributed by atoms with Crippen LogP contribution in [-0.4, -0.2) is 25.9 Å². The molecule has 7 heteroatoms. The highest BCUT2D eigenvalue weighted by atomic mass is 32.2. The van der Waals surface area contributed by atoms with Gasteiger partial charge in [-0.2, -0.15) is 0 Å². The molecule has 1 N–H and O–H groups in total. The molecule has 0 unspecified atom stereocenters. The van der Waals surface area contributed by atoms with Gasteiger partial charge in [-0.25, -0.2) is 8.42 Å². The van der Waals surface area contributed by atoms with Gasteiger partial charge in [-0.3, -0.25) is 14.1 Å². The van der Waals surface area contributed by atoms with Crippen LogP contribution in [-0.2, 0) is 14.8 Å². The predicted octanol–water partition coefficient (Wildman–Crippen LogP) is 3.84. The number of benzene rings is 2. The molecule has 29 heavy (non-hydrogen) atoms.